The quantitative estimate of drug-likeness (QED) is 0.637. The summed E-state index contributed by atoms with van der Waals surface area (Å²) < 4.78 is 12.2. The minimum absolute atomic E-state index is 0.0854. The first-order chi connectivity index (χ1) is 10.9. The molecule has 0 amide bonds. The lowest BCUT2D eigenvalue weighted by Crippen LogP contribution is -2.29. The highest BCUT2D eigenvalue weighted by Gasteiger charge is 2.23. The maximum Gasteiger partial charge on any atom is 0.207 e. The van der Waals surface area contributed by atoms with Crippen molar-refractivity contribution in [1.29, 1.82) is 0 Å². The van der Waals surface area contributed by atoms with Gasteiger partial charge in [0.15, 0.2) is 0 Å². The van der Waals surface area contributed by atoms with Crippen LogP contribution < -0.4 is 5.32 Å². The van der Waals surface area contributed by atoms with Crippen molar-refractivity contribution in [3.05, 3.63) is 70.7 Å². The van der Waals surface area contributed by atoms with Crippen LogP contribution in [-0.4, -0.2) is 28.8 Å². The number of hydrogen-bond acceptors (Lipinski definition) is 3. The van der Waals surface area contributed by atoms with Crippen LogP contribution >= 0.6 is 19.0 Å². The minimum atomic E-state index is -3.40. The molecule has 6 heteroatoms. The number of hydrogen-bond donors (Lipinski definition) is 3. The lowest BCUT2D eigenvalue weighted by Gasteiger charge is -2.17. The summed E-state index contributed by atoms with van der Waals surface area (Å²) in [7, 11) is -3.40. The molecule has 0 aromatic heterocycles. The normalized spacial score (nSPS) is 15.1. The average Bonchev–Trinajstić information content (AvgIpc) is 2.49. The zero-order chi connectivity index (χ0) is 16.7. The van der Waals surface area contributed by atoms with Crippen molar-refractivity contribution in [2.24, 2.45) is 0 Å². The monoisotopic (exact) mass is 353 g/mol. The van der Waals surface area contributed by atoms with E-state index >= 15 is 0 Å². The molecule has 124 valence electrons. The molecule has 0 aliphatic heterocycles. The smallest absolute Gasteiger partial charge is 0.207 e. The Kier molecular flexibility index (Phi) is 6.82. The van der Waals surface area contributed by atoms with Crippen molar-refractivity contribution >= 4 is 19.0 Å². The molecular formula is C17H21ClNO3P. The maximum atomic E-state index is 12.2. The third-order valence-corrected chi connectivity index (χ3v) is 5.49. The highest BCUT2D eigenvalue weighted by molar-refractivity contribution is 7.57. The van der Waals surface area contributed by atoms with Gasteiger partial charge in [0.25, 0.3) is 0 Å². The van der Waals surface area contributed by atoms with Gasteiger partial charge in [0.2, 0.25) is 7.37 Å². The van der Waals surface area contributed by atoms with Gasteiger partial charge in [-0.05, 0) is 23.3 Å². The molecule has 2 aromatic carbocycles. The number of halogens is 1. The lowest BCUT2D eigenvalue weighted by atomic mass is 10.2. The summed E-state index contributed by atoms with van der Waals surface area (Å²) in [4.78, 5) is 10.0. The van der Waals surface area contributed by atoms with Gasteiger partial charge in [0.1, 0.15) is 0 Å². The molecule has 0 aliphatic carbocycles. The minimum Gasteiger partial charge on any atom is -0.391 e. The molecule has 3 N–H and O–H groups in total. The first kappa shape index (κ1) is 18.2. The van der Waals surface area contributed by atoms with Crippen molar-refractivity contribution in [1.82, 2.24) is 5.32 Å². The fourth-order valence-corrected chi connectivity index (χ4v) is 4.14. The summed E-state index contributed by atoms with van der Waals surface area (Å²) in [6, 6.07) is 16.6. The van der Waals surface area contributed by atoms with Crippen molar-refractivity contribution in [2.75, 3.05) is 12.7 Å². The molecule has 0 bridgehead atoms. The Balaban J connectivity index is 1.76. The fraction of sp³-hybridized carbons (Fsp3) is 0.294. The molecule has 4 nitrogen and oxygen atoms in total. The summed E-state index contributed by atoms with van der Waals surface area (Å²) in [5.41, 5.74) is 1.85. The molecule has 0 saturated carbocycles. The predicted octanol–water partition coefficient (Wildman–Crippen LogP) is 3.26. The Labute approximate surface area is 141 Å². The van der Waals surface area contributed by atoms with E-state index in [0.29, 0.717) is 11.6 Å². The van der Waals surface area contributed by atoms with E-state index in [1.165, 1.54) is 0 Å². The standard InChI is InChI=1S/C17H21ClNO3P/c18-16-8-6-14(7-9-16)10-19-11-17(20)13-23(21,22)12-15-4-2-1-3-5-15/h1-9,17,19-20H,10-13H2,(H,21,22). The van der Waals surface area contributed by atoms with Gasteiger partial charge in [-0.25, -0.2) is 0 Å². The molecule has 0 spiro atoms. The number of nitrogens with one attached hydrogen (secondary N) is 1. The first-order valence-corrected chi connectivity index (χ1v) is 9.83. The van der Waals surface area contributed by atoms with Gasteiger partial charge < -0.3 is 15.3 Å². The Hall–Kier alpha value is -1.16. The molecule has 23 heavy (non-hydrogen) atoms. The summed E-state index contributed by atoms with van der Waals surface area (Å²) in [5.74, 6) is 0. The van der Waals surface area contributed by atoms with Gasteiger partial charge in [0, 0.05) is 24.3 Å². The molecule has 0 saturated heterocycles. The Morgan fingerprint density at radius 2 is 1.70 bits per heavy atom. The van der Waals surface area contributed by atoms with Crippen LogP contribution in [0.4, 0.5) is 0 Å². The second kappa shape index (κ2) is 8.62. The van der Waals surface area contributed by atoms with E-state index in [9.17, 15) is 14.6 Å². The van der Waals surface area contributed by atoms with E-state index in [1.54, 1.807) is 12.1 Å². The van der Waals surface area contributed by atoms with E-state index in [0.717, 1.165) is 11.1 Å². The molecule has 0 fully saturated rings. The maximum absolute atomic E-state index is 12.2. The highest BCUT2D eigenvalue weighted by atomic mass is 35.5. The van der Waals surface area contributed by atoms with Crippen LogP contribution in [-0.2, 0) is 17.3 Å². The van der Waals surface area contributed by atoms with Crippen LogP contribution in [0.2, 0.25) is 5.02 Å². The topological polar surface area (TPSA) is 69.6 Å². The van der Waals surface area contributed by atoms with Gasteiger partial charge >= 0.3 is 0 Å². The van der Waals surface area contributed by atoms with Gasteiger partial charge in [-0.1, -0.05) is 54.1 Å². The molecule has 2 unspecified atom stereocenters. The van der Waals surface area contributed by atoms with E-state index in [1.807, 2.05) is 42.5 Å². The second-order valence-electron chi connectivity index (χ2n) is 5.58. The van der Waals surface area contributed by atoms with Crippen molar-refractivity contribution in [3.8, 4) is 0 Å². The Bertz CT molecular complexity index is 649. The van der Waals surface area contributed by atoms with Crippen LogP contribution in [0.1, 0.15) is 11.1 Å². The summed E-state index contributed by atoms with van der Waals surface area (Å²) in [5, 5.41) is 13.7. The largest absolute Gasteiger partial charge is 0.391 e. The molecule has 2 aromatic rings. The fourth-order valence-electron chi connectivity index (χ4n) is 2.31. The highest BCUT2D eigenvalue weighted by Crippen LogP contribution is 2.44. The van der Waals surface area contributed by atoms with Gasteiger partial charge in [-0.3, -0.25) is 4.57 Å². The second-order valence-corrected chi connectivity index (χ2v) is 8.39. The number of benzene rings is 2. The van der Waals surface area contributed by atoms with E-state index in [2.05, 4.69) is 5.32 Å². The zero-order valence-electron chi connectivity index (χ0n) is 12.7. The number of aliphatic hydroxyl groups is 1. The Morgan fingerprint density at radius 1 is 1.04 bits per heavy atom. The van der Waals surface area contributed by atoms with E-state index < -0.39 is 13.5 Å². The van der Waals surface area contributed by atoms with Crippen molar-refractivity contribution in [3.63, 3.8) is 0 Å². The lowest BCUT2D eigenvalue weighted by molar-refractivity contribution is 0.190. The summed E-state index contributed by atoms with van der Waals surface area (Å²) in [6.45, 7) is 0.838. The van der Waals surface area contributed by atoms with Crippen LogP contribution in [0.15, 0.2) is 54.6 Å². The van der Waals surface area contributed by atoms with E-state index in [-0.39, 0.29) is 18.9 Å². The SMILES string of the molecule is O=P(O)(Cc1ccccc1)CC(O)CNCc1ccc(Cl)cc1. The Morgan fingerprint density at radius 3 is 2.35 bits per heavy atom. The third-order valence-electron chi connectivity index (χ3n) is 3.39. The number of rotatable bonds is 8. The molecule has 2 atom stereocenters. The molecule has 0 aliphatic rings. The van der Waals surface area contributed by atoms with Crippen molar-refractivity contribution < 1.29 is 14.6 Å². The summed E-state index contributed by atoms with van der Waals surface area (Å²) in [6.07, 6.45) is -0.890. The van der Waals surface area contributed by atoms with Crippen molar-refractivity contribution in [2.45, 2.75) is 18.8 Å². The predicted molar refractivity (Wildman–Crippen MR) is 94.0 cm³/mol. The van der Waals surface area contributed by atoms with Gasteiger partial charge in [-0.15, -0.1) is 0 Å². The zero-order valence-corrected chi connectivity index (χ0v) is 14.4. The number of aliphatic hydroxyl groups excluding tert-OH is 1. The summed E-state index contributed by atoms with van der Waals surface area (Å²) >= 11 is 5.82. The van der Waals surface area contributed by atoms with Crippen LogP contribution in [0.3, 0.4) is 0 Å². The third kappa shape index (κ3) is 6.86. The first-order valence-electron chi connectivity index (χ1n) is 7.42. The molecule has 2 rings (SSSR count). The molecular weight excluding hydrogens is 333 g/mol. The van der Waals surface area contributed by atoms with Crippen LogP contribution in [0.25, 0.3) is 0 Å². The molecule has 0 radical (unpaired) electrons. The van der Waals surface area contributed by atoms with E-state index in [4.69, 9.17) is 11.6 Å². The van der Waals surface area contributed by atoms with Gasteiger partial charge in [0.05, 0.1) is 12.3 Å². The van der Waals surface area contributed by atoms with Crippen LogP contribution in [0, 0.1) is 0 Å². The molecule has 0 heterocycles. The van der Waals surface area contributed by atoms with Gasteiger partial charge in [-0.2, -0.15) is 0 Å². The van der Waals surface area contributed by atoms with Crippen LogP contribution in [0.5, 0.6) is 0 Å². The average molecular weight is 354 g/mol.